The maximum atomic E-state index is 13.0. The summed E-state index contributed by atoms with van der Waals surface area (Å²) in [5.74, 6) is 1.44. The first-order chi connectivity index (χ1) is 11.7. The Kier molecular flexibility index (Phi) is 3.69. The van der Waals surface area contributed by atoms with Crippen molar-refractivity contribution in [2.45, 2.75) is 13.5 Å². The maximum absolute atomic E-state index is 13.0. The molecule has 5 heteroatoms. The number of fused-ring (bicyclic) bond motifs is 1. The lowest BCUT2D eigenvalue weighted by molar-refractivity contribution is 0.174. The molecule has 0 unspecified atom stereocenters. The molecule has 3 aromatic rings. The van der Waals surface area contributed by atoms with Crippen LogP contribution in [0, 0.1) is 6.92 Å². The lowest BCUT2D eigenvalue weighted by Gasteiger charge is -2.06. The molecule has 0 N–H and O–H groups in total. The van der Waals surface area contributed by atoms with Crippen LogP contribution in [0.3, 0.4) is 0 Å². The monoisotopic (exact) mass is 324 g/mol. The van der Waals surface area contributed by atoms with Crippen LogP contribution in [0.4, 0.5) is 4.39 Å². The largest absolute Gasteiger partial charge is 0.454 e. The van der Waals surface area contributed by atoms with E-state index < -0.39 is 6.67 Å². The molecule has 4 rings (SSSR count). The van der Waals surface area contributed by atoms with Crippen LogP contribution in [0.25, 0.3) is 22.5 Å². The van der Waals surface area contributed by atoms with Gasteiger partial charge in [0, 0.05) is 11.1 Å². The van der Waals surface area contributed by atoms with Gasteiger partial charge in [0.25, 0.3) is 0 Å². The molecule has 2 aromatic carbocycles. The van der Waals surface area contributed by atoms with Crippen LogP contribution in [0.15, 0.2) is 48.5 Å². The molecule has 24 heavy (non-hydrogen) atoms. The number of halogens is 1. The van der Waals surface area contributed by atoms with Gasteiger partial charge in [-0.05, 0) is 37.3 Å². The van der Waals surface area contributed by atoms with E-state index in [0.717, 1.165) is 33.8 Å². The Morgan fingerprint density at radius 3 is 2.75 bits per heavy atom. The molecule has 0 amide bonds. The Hall–Kier alpha value is -2.82. The first-order valence-electron chi connectivity index (χ1n) is 7.85. The number of aryl methyl sites for hydroxylation is 2. The zero-order valence-corrected chi connectivity index (χ0v) is 13.3. The zero-order chi connectivity index (χ0) is 16.5. The van der Waals surface area contributed by atoms with Gasteiger partial charge >= 0.3 is 0 Å². The van der Waals surface area contributed by atoms with Gasteiger partial charge in [-0.25, -0.2) is 4.39 Å². The van der Waals surface area contributed by atoms with Gasteiger partial charge in [-0.2, -0.15) is 5.10 Å². The summed E-state index contributed by atoms with van der Waals surface area (Å²) in [6, 6.07) is 15.8. The second-order valence-corrected chi connectivity index (χ2v) is 5.76. The van der Waals surface area contributed by atoms with Crippen LogP contribution in [0.2, 0.25) is 0 Å². The average Bonchev–Trinajstić information content (AvgIpc) is 3.21. The van der Waals surface area contributed by atoms with Crippen LogP contribution in [0.1, 0.15) is 5.56 Å². The van der Waals surface area contributed by atoms with E-state index in [-0.39, 0.29) is 13.3 Å². The predicted octanol–water partition coefficient (Wildman–Crippen LogP) is 4.22. The Balaban J connectivity index is 1.79. The van der Waals surface area contributed by atoms with Crippen molar-refractivity contribution in [3.05, 3.63) is 54.1 Å². The Morgan fingerprint density at radius 1 is 1.04 bits per heavy atom. The van der Waals surface area contributed by atoms with Gasteiger partial charge in [0.05, 0.1) is 17.9 Å². The predicted molar refractivity (Wildman–Crippen MR) is 89.9 cm³/mol. The molecule has 122 valence electrons. The fourth-order valence-electron chi connectivity index (χ4n) is 2.90. The number of aromatic nitrogens is 2. The molecule has 0 bridgehead atoms. The number of ether oxygens (including phenoxy) is 2. The maximum Gasteiger partial charge on any atom is 0.231 e. The lowest BCUT2D eigenvalue weighted by atomic mass is 10.1. The summed E-state index contributed by atoms with van der Waals surface area (Å²) in [5, 5.41) is 4.59. The van der Waals surface area contributed by atoms with E-state index >= 15 is 0 Å². The molecular formula is C19H17FN2O2. The van der Waals surface area contributed by atoms with Gasteiger partial charge in [0.1, 0.15) is 6.67 Å². The molecule has 0 fully saturated rings. The van der Waals surface area contributed by atoms with E-state index in [9.17, 15) is 4.39 Å². The molecule has 4 nitrogen and oxygen atoms in total. The summed E-state index contributed by atoms with van der Waals surface area (Å²) in [6.45, 7) is 2.03. The first kappa shape index (κ1) is 14.8. The minimum absolute atomic E-state index is 0.218. The SMILES string of the molecule is Cc1cccc(-c2cc(-c3ccc4c(c3)OCO4)n(CCF)n2)c1. The highest BCUT2D eigenvalue weighted by Gasteiger charge is 2.17. The van der Waals surface area contributed by atoms with Crippen molar-refractivity contribution in [3.8, 4) is 34.0 Å². The van der Waals surface area contributed by atoms with Crippen molar-refractivity contribution in [1.82, 2.24) is 9.78 Å². The average molecular weight is 324 g/mol. The van der Waals surface area contributed by atoms with E-state index in [1.54, 1.807) is 4.68 Å². The molecule has 0 aliphatic carbocycles. The van der Waals surface area contributed by atoms with Gasteiger partial charge < -0.3 is 9.47 Å². The first-order valence-corrected chi connectivity index (χ1v) is 7.85. The summed E-state index contributed by atoms with van der Waals surface area (Å²) in [5.41, 5.74) is 4.81. The van der Waals surface area contributed by atoms with E-state index in [4.69, 9.17) is 9.47 Å². The highest BCUT2D eigenvalue weighted by molar-refractivity contribution is 5.71. The summed E-state index contributed by atoms with van der Waals surface area (Å²) in [6.07, 6.45) is 0. The number of alkyl halides is 1. The number of hydrogen-bond donors (Lipinski definition) is 0. The molecule has 0 radical (unpaired) electrons. The van der Waals surface area contributed by atoms with Crippen LogP contribution >= 0.6 is 0 Å². The fraction of sp³-hybridized carbons (Fsp3) is 0.211. The minimum Gasteiger partial charge on any atom is -0.454 e. The van der Waals surface area contributed by atoms with E-state index in [1.807, 2.05) is 49.4 Å². The van der Waals surface area contributed by atoms with Crippen molar-refractivity contribution in [1.29, 1.82) is 0 Å². The number of rotatable bonds is 4. The van der Waals surface area contributed by atoms with Gasteiger partial charge in [-0.1, -0.05) is 23.8 Å². The Labute approximate surface area is 139 Å². The summed E-state index contributed by atoms with van der Waals surface area (Å²) in [7, 11) is 0. The quantitative estimate of drug-likeness (QED) is 0.721. The normalized spacial score (nSPS) is 12.6. The highest BCUT2D eigenvalue weighted by atomic mass is 19.1. The highest BCUT2D eigenvalue weighted by Crippen LogP contribution is 2.36. The van der Waals surface area contributed by atoms with Crippen molar-refractivity contribution < 1.29 is 13.9 Å². The van der Waals surface area contributed by atoms with Crippen molar-refractivity contribution in [3.63, 3.8) is 0 Å². The lowest BCUT2D eigenvalue weighted by Crippen LogP contribution is -2.03. The van der Waals surface area contributed by atoms with E-state index in [1.165, 1.54) is 0 Å². The minimum atomic E-state index is -0.466. The van der Waals surface area contributed by atoms with Crippen molar-refractivity contribution in [2.75, 3.05) is 13.5 Å². The van der Waals surface area contributed by atoms with Crippen molar-refractivity contribution in [2.24, 2.45) is 0 Å². The molecule has 1 aromatic heterocycles. The third-order valence-corrected chi connectivity index (χ3v) is 4.06. The standard InChI is InChI=1S/C19H17FN2O2/c1-13-3-2-4-14(9-13)16-11-17(22(21-16)8-7-20)15-5-6-18-19(10-15)24-12-23-18/h2-6,9-11H,7-8,12H2,1H3. The summed E-state index contributed by atoms with van der Waals surface area (Å²) >= 11 is 0. The van der Waals surface area contributed by atoms with Crippen molar-refractivity contribution >= 4 is 0 Å². The molecule has 1 aliphatic rings. The van der Waals surface area contributed by atoms with Gasteiger partial charge in [0.15, 0.2) is 11.5 Å². The second-order valence-electron chi connectivity index (χ2n) is 5.76. The molecular weight excluding hydrogens is 307 g/mol. The fourth-order valence-corrected chi connectivity index (χ4v) is 2.90. The van der Waals surface area contributed by atoms with E-state index in [0.29, 0.717) is 5.75 Å². The van der Waals surface area contributed by atoms with Gasteiger partial charge in [-0.3, -0.25) is 4.68 Å². The third-order valence-electron chi connectivity index (χ3n) is 4.06. The van der Waals surface area contributed by atoms with Gasteiger partial charge in [-0.15, -0.1) is 0 Å². The molecule has 2 heterocycles. The number of benzene rings is 2. The molecule has 0 atom stereocenters. The van der Waals surface area contributed by atoms with Gasteiger partial charge in [0.2, 0.25) is 6.79 Å². The number of nitrogens with zero attached hydrogens (tertiary/aromatic N) is 2. The summed E-state index contributed by atoms with van der Waals surface area (Å²) < 4.78 is 25.5. The Bertz CT molecular complexity index is 889. The molecule has 0 spiro atoms. The Morgan fingerprint density at radius 2 is 1.92 bits per heavy atom. The van der Waals surface area contributed by atoms with E-state index in [2.05, 4.69) is 11.2 Å². The smallest absolute Gasteiger partial charge is 0.231 e. The molecule has 0 saturated carbocycles. The van der Waals surface area contributed by atoms with Crippen LogP contribution in [-0.4, -0.2) is 23.2 Å². The summed E-state index contributed by atoms with van der Waals surface area (Å²) in [4.78, 5) is 0. The molecule has 0 saturated heterocycles. The topological polar surface area (TPSA) is 36.3 Å². The van der Waals surface area contributed by atoms with Crippen LogP contribution < -0.4 is 9.47 Å². The zero-order valence-electron chi connectivity index (χ0n) is 13.3. The second kappa shape index (κ2) is 6.00. The third kappa shape index (κ3) is 2.62. The number of hydrogen-bond acceptors (Lipinski definition) is 3. The van der Waals surface area contributed by atoms with Crippen LogP contribution in [0.5, 0.6) is 11.5 Å². The molecule has 1 aliphatic heterocycles. The van der Waals surface area contributed by atoms with Crippen LogP contribution in [-0.2, 0) is 6.54 Å².